The molecule has 0 bridgehead atoms. The highest BCUT2D eigenvalue weighted by molar-refractivity contribution is 6.32. The Balaban J connectivity index is 2.48. The third kappa shape index (κ3) is 1.39. The summed E-state index contributed by atoms with van der Waals surface area (Å²) in [5, 5.41) is 9.79. The number of terminal acetylenes is 1. The molecule has 0 aliphatic carbocycles. The normalized spacial score (nSPS) is 14.9. The van der Waals surface area contributed by atoms with Gasteiger partial charge in [0.2, 0.25) is 6.79 Å². The van der Waals surface area contributed by atoms with Crippen molar-refractivity contribution < 1.29 is 14.6 Å². The molecule has 0 amide bonds. The molecule has 0 aromatic heterocycles. The van der Waals surface area contributed by atoms with Gasteiger partial charge in [-0.15, -0.1) is 6.42 Å². The molecule has 1 aromatic rings. The second-order valence-electron chi connectivity index (χ2n) is 2.81. The number of fused-ring (bicyclic) bond motifs is 1. The van der Waals surface area contributed by atoms with Gasteiger partial charge in [-0.3, -0.25) is 0 Å². The summed E-state index contributed by atoms with van der Waals surface area (Å²) in [4.78, 5) is 0. The molecule has 0 saturated heterocycles. The van der Waals surface area contributed by atoms with Crippen LogP contribution in [0.4, 0.5) is 0 Å². The molecule has 4 heteroatoms. The minimum atomic E-state index is -0.970. The van der Waals surface area contributed by atoms with Gasteiger partial charge in [0.1, 0.15) is 6.10 Å². The minimum absolute atomic E-state index is 0.144. The molecule has 3 nitrogen and oxygen atoms in total. The van der Waals surface area contributed by atoms with Crippen LogP contribution in [0.3, 0.4) is 0 Å². The molecule has 1 N–H and O–H groups in total. The fourth-order valence-corrected chi connectivity index (χ4v) is 1.52. The van der Waals surface area contributed by atoms with Crippen molar-refractivity contribution in [2.24, 2.45) is 0 Å². The Morgan fingerprint density at radius 3 is 3.00 bits per heavy atom. The van der Waals surface area contributed by atoms with Crippen molar-refractivity contribution in [3.05, 3.63) is 22.7 Å². The van der Waals surface area contributed by atoms with Gasteiger partial charge in [-0.2, -0.15) is 0 Å². The molecule has 1 heterocycles. The van der Waals surface area contributed by atoms with Crippen molar-refractivity contribution >= 4 is 11.6 Å². The highest BCUT2D eigenvalue weighted by Gasteiger charge is 2.19. The topological polar surface area (TPSA) is 38.7 Å². The molecule has 14 heavy (non-hydrogen) atoms. The van der Waals surface area contributed by atoms with Gasteiger partial charge in [-0.05, 0) is 17.7 Å². The molecular formula is C10H7ClO3. The van der Waals surface area contributed by atoms with Crippen molar-refractivity contribution in [3.63, 3.8) is 0 Å². The van der Waals surface area contributed by atoms with E-state index in [0.717, 1.165) is 0 Å². The van der Waals surface area contributed by atoms with Crippen LogP contribution in [0.15, 0.2) is 12.1 Å². The van der Waals surface area contributed by atoms with Crippen molar-refractivity contribution in [1.82, 2.24) is 0 Å². The van der Waals surface area contributed by atoms with E-state index in [-0.39, 0.29) is 6.79 Å². The van der Waals surface area contributed by atoms with E-state index in [0.29, 0.717) is 22.1 Å². The number of aliphatic hydroxyl groups is 1. The lowest BCUT2D eigenvalue weighted by Gasteiger charge is -2.06. The average Bonchev–Trinajstić information content (AvgIpc) is 2.64. The summed E-state index contributed by atoms with van der Waals surface area (Å²) >= 11 is 5.89. The SMILES string of the molecule is C#CC(O)c1cc(Cl)c2c(c1)OCO2. The van der Waals surface area contributed by atoms with Crippen LogP contribution in [0.5, 0.6) is 11.5 Å². The lowest BCUT2D eigenvalue weighted by molar-refractivity contribution is 0.173. The van der Waals surface area contributed by atoms with Crippen LogP contribution < -0.4 is 9.47 Å². The molecule has 0 saturated carbocycles. The summed E-state index contributed by atoms with van der Waals surface area (Å²) in [6, 6.07) is 3.19. The van der Waals surface area contributed by atoms with Gasteiger partial charge in [0, 0.05) is 0 Å². The molecule has 1 atom stereocenters. The number of benzene rings is 1. The molecule has 1 aromatic carbocycles. The maximum Gasteiger partial charge on any atom is 0.231 e. The number of ether oxygens (including phenoxy) is 2. The van der Waals surface area contributed by atoms with Gasteiger partial charge in [0.15, 0.2) is 11.5 Å². The summed E-state index contributed by atoms with van der Waals surface area (Å²) in [5.74, 6) is 3.22. The smallest absolute Gasteiger partial charge is 0.231 e. The molecule has 1 unspecified atom stereocenters. The van der Waals surface area contributed by atoms with Crippen LogP contribution in [0.2, 0.25) is 5.02 Å². The third-order valence-corrected chi connectivity index (χ3v) is 2.20. The molecule has 0 spiro atoms. The maximum absolute atomic E-state index is 9.39. The highest BCUT2D eigenvalue weighted by Crippen LogP contribution is 2.40. The van der Waals surface area contributed by atoms with Crippen molar-refractivity contribution in [1.29, 1.82) is 0 Å². The van der Waals surface area contributed by atoms with Crippen LogP contribution in [-0.4, -0.2) is 11.9 Å². The van der Waals surface area contributed by atoms with Crippen LogP contribution in [0.25, 0.3) is 0 Å². The first-order chi connectivity index (χ1) is 6.72. The van der Waals surface area contributed by atoms with Crippen molar-refractivity contribution in [3.8, 4) is 23.8 Å². The van der Waals surface area contributed by atoms with Gasteiger partial charge in [0.25, 0.3) is 0 Å². The molecule has 1 aliphatic heterocycles. The third-order valence-electron chi connectivity index (χ3n) is 1.92. The predicted octanol–water partition coefficient (Wildman–Crippen LogP) is 1.74. The van der Waals surface area contributed by atoms with E-state index < -0.39 is 6.10 Å². The second-order valence-corrected chi connectivity index (χ2v) is 3.21. The van der Waals surface area contributed by atoms with Crippen LogP contribution in [0, 0.1) is 12.3 Å². The molecule has 0 radical (unpaired) electrons. The fraction of sp³-hybridized carbons (Fsp3) is 0.200. The van der Waals surface area contributed by atoms with E-state index in [9.17, 15) is 5.11 Å². The Labute approximate surface area is 86.2 Å². The van der Waals surface area contributed by atoms with E-state index in [1.165, 1.54) is 0 Å². The molecular weight excluding hydrogens is 204 g/mol. The van der Waals surface area contributed by atoms with Gasteiger partial charge in [-0.25, -0.2) is 0 Å². The maximum atomic E-state index is 9.39. The Morgan fingerprint density at radius 1 is 1.50 bits per heavy atom. The summed E-state index contributed by atoms with van der Waals surface area (Å²) in [5.41, 5.74) is 0.529. The van der Waals surface area contributed by atoms with E-state index in [2.05, 4.69) is 5.92 Å². The zero-order valence-electron chi connectivity index (χ0n) is 7.16. The number of rotatable bonds is 1. The summed E-state index contributed by atoms with van der Waals surface area (Å²) in [6.07, 6.45) is 4.11. The van der Waals surface area contributed by atoms with E-state index in [1.807, 2.05) is 0 Å². The monoisotopic (exact) mass is 210 g/mol. The van der Waals surface area contributed by atoms with Crippen molar-refractivity contribution in [2.45, 2.75) is 6.10 Å². The zero-order valence-corrected chi connectivity index (χ0v) is 7.91. The predicted molar refractivity (Wildman–Crippen MR) is 51.4 cm³/mol. The first-order valence-electron chi connectivity index (χ1n) is 3.95. The van der Waals surface area contributed by atoms with Crippen LogP contribution >= 0.6 is 11.6 Å². The molecule has 72 valence electrons. The standard InChI is InChI=1S/C10H7ClO3/c1-2-8(12)6-3-7(11)10-9(4-6)13-5-14-10/h1,3-4,8,12H,5H2. The summed E-state index contributed by atoms with van der Waals surface area (Å²) < 4.78 is 10.2. The Hall–Kier alpha value is -1.37. The fourth-order valence-electron chi connectivity index (χ4n) is 1.24. The van der Waals surface area contributed by atoms with Gasteiger partial charge < -0.3 is 14.6 Å². The Morgan fingerprint density at radius 2 is 2.29 bits per heavy atom. The zero-order chi connectivity index (χ0) is 10.1. The number of aliphatic hydroxyl groups excluding tert-OH is 1. The highest BCUT2D eigenvalue weighted by atomic mass is 35.5. The van der Waals surface area contributed by atoms with Gasteiger partial charge >= 0.3 is 0 Å². The quantitative estimate of drug-likeness (QED) is 0.718. The number of halogens is 1. The Bertz CT molecular complexity index is 409. The summed E-state index contributed by atoms with van der Waals surface area (Å²) in [6.45, 7) is 0.144. The number of hydrogen-bond donors (Lipinski definition) is 1. The van der Waals surface area contributed by atoms with E-state index >= 15 is 0 Å². The lowest BCUT2D eigenvalue weighted by Crippen LogP contribution is -1.93. The minimum Gasteiger partial charge on any atom is -0.454 e. The lowest BCUT2D eigenvalue weighted by atomic mass is 10.1. The number of hydrogen-bond acceptors (Lipinski definition) is 3. The molecule has 0 fully saturated rings. The van der Waals surface area contributed by atoms with Crippen LogP contribution in [-0.2, 0) is 0 Å². The Kier molecular flexibility index (Phi) is 2.24. The molecule has 1 aliphatic rings. The summed E-state index contributed by atoms with van der Waals surface area (Å²) in [7, 11) is 0. The second kappa shape index (κ2) is 3.41. The van der Waals surface area contributed by atoms with E-state index in [4.69, 9.17) is 27.5 Å². The first-order valence-corrected chi connectivity index (χ1v) is 4.33. The van der Waals surface area contributed by atoms with E-state index in [1.54, 1.807) is 12.1 Å². The average molecular weight is 211 g/mol. The molecule has 2 rings (SSSR count). The van der Waals surface area contributed by atoms with Crippen molar-refractivity contribution in [2.75, 3.05) is 6.79 Å². The first kappa shape index (κ1) is 9.20. The van der Waals surface area contributed by atoms with Gasteiger partial charge in [0.05, 0.1) is 5.02 Å². The van der Waals surface area contributed by atoms with Crippen LogP contribution in [0.1, 0.15) is 11.7 Å². The van der Waals surface area contributed by atoms with Gasteiger partial charge in [-0.1, -0.05) is 17.5 Å². The largest absolute Gasteiger partial charge is 0.454 e.